The molecule has 1 aromatic rings. The first-order valence-corrected chi connectivity index (χ1v) is 2.83. The molecule has 0 spiro atoms. The minimum absolute atomic E-state index is 0.0376. The summed E-state index contributed by atoms with van der Waals surface area (Å²) in [5.41, 5.74) is 5.07. The predicted molar refractivity (Wildman–Crippen MR) is 34.4 cm³/mol. The van der Waals surface area contributed by atoms with Gasteiger partial charge in [-0.1, -0.05) is 0 Å². The van der Waals surface area contributed by atoms with Crippen LogP contribution in [0.1, 0.15) is 0 Å². The second-order valence-electron chi connectivity index (χ2n) is 1.09. The third-order valence-corrected chi connectivity index (χ3v) is 1.31. The van der Waals surface area contributed by atoms with Crippen LogP contribution in [0.25, 0.3) is 0 Å². The maximum absolute atomic E-state index is 10.1. The molecule has 1 rings (SSSR count). The zero-order valence-electron chi connectivity index (χ0n) is 3.68. The van der Waals surface area contributed by atoms with Gasteiger partial charge in [-0.25, -0.2) is 4.79 Å². The highest BCUT2D eigenvalue weighted by molar-refractivity contribution is 14.1. The van der Waals surface area contributed by atoms with Gasteiger partial charge >= 0.3 is 5.82 Å². The molecule has 5 heteroatoms. The van der Waals surface area contributed by atoms with Gasteiger partial charge in [0.2, 0.25) is 9.65 Å². The van der Waals surface area contributed by atoms with Crippen molar-refractivity contribution in [2.24, 2.45) is 0 Å². The summed E-state index contributed by atoms with van der Waals surface area (Å²) in [6, 6.07) is 0. The van der Waals surface area contributed by atoms with Gasteiger partial charge in [-0.05, 0) is 0 Å². The number of hydrogen-bond donors (Lipinski definition) is 1. The van der Waals surface area contributed by atoms with Crippen molar-refractivity contribution < 1.29 is 8.83 Å². The molecule has 0 saturated carbocycles. The van der Waals surface area contributed by atoms with E-state index in [1.807, 2.05) is 0 Å². The van der Waals surface area contributed by atoms with E-state index in [-0.39, 0.29) is 5.88 Å². The largest absolute Gasteiger partial charge is 0.521 e. The highest BCUT2D eigenvalue weighted by atomic mass is 127. The van der Waals surface area contributed by atoms with Crippen molar-refractivity contribution in [1.29, 1.82) is 0 Å². The molecule has 0 amide bonds. The number of rotatable bonds is 0. The number of hydrogen-bond acceptors (Lipinski definition) is 4. The predicted octanol–water partition coefficient (Wildman–Crippen LogP) is 0.420. The Kier molecular flexibility index (Phi) is 1.28. The number of nitrogens with two attached hydrogens (primary N) is 1. The molecule has 1 heterocycles. The van der Waals surface area contributed by atoms with Gasteiger partial charge in [0.25, 0.3) is 0 Å². The summed E-state index contributed by atoms with van der Waals surface area (Å²) in [5.74, 6) is -0.720. The van der Waals surface area contributed by atoms with Crippen molar-refractivity contribution in [3.8, 4) is 0 Å². The monoisotopic (exact) mass is 227 g/mol. The lowest BCUT2D eigenvalue weighted by atomic mass is 10.9. The van der Waals surface area contributed by atoms with Crippen LogP contribution in [0.5, 0.6) is 0 Å². The molecule has 8 heavy (non-hydrogen) atoms. The van der Waals surface area contributed by atoms with E-state index in [1.165, 1.54) is 0 Å². The average Bonchev–Trinajstić information content (AvgIpc) is 1.85. The van der Waals surface area contributed by atoms with Crippen LogP contribution in [-0.4, -0.2) is 0 Å². The van der Waals surface area contributed by atoms with E-state index in [9.17, 15) is 4.79 Å². The van der Waals surface area contributed by atoms with Crippen molar-refractivity contribution in [2.75, 3.05) is 5.73 Å². The summed E-state index contributed by atoms with van der Waals surface area (Å²) in [6.45, 7) is 0. The molecule has 1 aromatic heterocycles. The molecule has 2 N–H and O–H groups in total. The number of anilines is 1. The SMILES string of the molecule is Nc1oc(=O)oc1I. The van der Waals surface area contributed by atoms with Crippen molar-refractivity contribution in [2.45, 2.75) is 0 Å². The average molecular weight is 227 g/mol. The highest BCUT2D eigenvalue weighted by Gasteiger charge is 2.02. The van der Waals surface area contributed by atoms with Gasteiger partial charge in [0.1, 0.15) is 0 Å². The van der Waals surface area contributed by atoms with Crippen molar-refractivity contribution >= 4 is 28.5 Å². The first-order chi connectivity index (χ1) is 3.70. The Morgan fingerprint density at radius 2 is 2.12 bits per heavy atom. The Bertz CT molecular complexity index is 214. The first kappa shape index (κ1) is 5.67. The summed E-state index contributed by atoms with van der Waals surface area (Å²) in [7, 11) is 0. The zero-order valence-corrected chi connectivity index (χ0v) is 5.84. The zero-order chi connectivity index (χ0) is 6.15. The summed E-state index contributed by atoms with van der Waals surface area (Å²) in [4.78, 5) is 10.1. The van der Waals surface area contributed by atoms with E-state index in [2.05, 4.69) is 8.83 Å². The van der Waals surface area contributed by atoms with Gasteiger partial charge < -0.3 is 14.6 Å². The van der Waals surface area contributed by atoms with Crippen molar-refractivity contribution in [3.63, 3.8) is 0 Å². The van der Waals surface area contributed by atoms with Crippen molar-refractivity contribution in [1.82, 2.24) is 0 Å². The minimum atomic E-state index is -0.758. The molecule has 0 unspecified atom stereocenters. The van der Waals surface area contributed by atoms with Gasteiger partial charge in [0.05, 0.1) is 0 Å². The molecular formula is C3H2INO3. The van der Waals surface area contributed by atoms with Crippen LogP contribution in [0.15, 0.2) is 13.6 Å². The fourth-order valence-electron chi connectivity index (χ4n) is 0.274. The molecule has 0 aromatic carbocycles. The molecule has 0 radical (unpaired) electrons. The smallest absolute Gasteiger partial charge is 0.382 e. The summed E-state index contributed by atoms with van der Waals surface area (Å²) in [6.07, 6.45) is 0. The third kappa shape index (κ3) is 0.857. The van der Waals surface area contributed by atoms with Crippen LogP contribution < -0.4 is 11.6 Å². The molecule has 0 aliphatic rings. The van der Waals surface area contributed by atoms with Gasteiger partial charge in [-0.2, -0.15) is 0 Å². The Balaban J connectivity index is 3.35. The lowest BCUT2D eigenvalue weighted by Gasteiger charge is -1.73. The van der Waals surface area contributed by atoms with E-state index in [0.29, 0.717) is 3.77 Å². The van der Waals surface area contributed by atoms with Gasteiger partial charge in [-0.3, -0.25) is 0 Å². The standard InChI is InChI=1S/C3H2INO3/c4-1-2(5)8-3(6)7-1/h5H2. The third-order valence-electron chi connectivity index (χ3n) is 0.560. The molecule has 0 fully saturated rings. The summed E-state index contributed by atoms with van der Waals surface area (Å²) in [5, 5.41) is 0. The Morgan fingerprint density at radius 1 is 1.50 bits per heavy atom. The van der Waals surface area contributed by atoms with E-state index in [4.69, 9.17) is 5.73 Å². The summed E-state index contributed by atoms with van der Waals surface area (Å²) >= 11 is 1.76. The van der Waals surface area contributed by atoms with Crippen LogP contribution in [0.2, 0.25) is 0 Å². The molecule has 0 bridgehead atoms. The fraction of sp³-hybridized carbons (Fsp3) is 0. The summed E-state index contributed by atoms with van der Waals surface area (Å²) < 4.78 is 8.91. The molecule has 0 aliphatic heterocycles. The maximum Gasteiger partial charge on any atom is 0.521 e. The van der Waals surface area contributed by atoms with E-state index in [1.54, 1.807) is 22.6 Å². The van der Waals surface area contributed by atoms with Crippen LogP contribution in [0, 0.1) is 3.77 Å². The maximum atomic E-state index is 10.1. The molecule has 44 valence electrons. The molecule has 0 saturated heterocycles. The second kappa shape index (κ2) is 1.81. The Morgan fingerprint density at radius 3 is 2.25 bits per heavy atom. The molecular weight excluding hydrogens is 225 g/mol. The van der Waals surface area contributed by atoms with Gasteiger partial charge in [0.15, 0.2) is 0 Å². The van der Waals surface area contributed by atoms with Crippen LogP contribution in [0.4, 0.5) is 5.88 Å². The van der Waals surface area contributed by atoms with E-state index >= 15 is 0 Å². The van der Waals surface area contributed by atoms with Gasteiger partial charge in [0, 0.05) is 22.6 Å². The first-order valence-electron chi connectivity index (χ1n) is 1.75. The lowest BCUT2D eigenvalue weighted by Crippen LogP contribution is -1.86. The normalized spacial score (nSPS) is 9.62. The van der Waals surface area contributed by atoms with Crippen LogP contribution in [-0.2, 0) is 0 Å². The van der Waals surface area contributed by atoms with Crippen LogP contribution >= 0.6 is 22.6 Å². The highest BCUT2D eigenvalue weighted by Crippen LogP contribution is 2.09. The number of nitrogen functional groups attached to an aromatic ring is 1. The number of halogens is 1. The van der Waals surface area contributed by atoms with Gasteiger partial charge in [-0.15, -0.1) is 0 Å². The van der Waals surface area contributed by atoms with Crippen LogP contribution in [0.3, 0.4) is 0 Å². The van der Waals surface area contributed by atoms with Crippen molar-refractivity contribution in [3.05, 3.63) is 14.4 Å². The van der Waals surface area contributed by atoms with E-state index < -0.39 is 5.82 Å². The lowest BCUT2D eigenvalue weighted by molar-refractivity contribution is 0.382. The molecule has 0 atom stereocenters. The second-order valence-corrected chi connectivity index (χ2v) is 2.07. The molecule has 4 nitrogen and oxygen atoms in total. The Hall–Kier alpha value is -0.460. The minimum Gasteiger partial charge on any atom is -0.382 e. The quantitative estimate of drug-likeness (QED) is 0.652. The topological polar surface area (TPSA) is 69.4 Å². The van der Waals surface area contributed by atoms with E-state index in [0.717, 1.165) is 0 Å². The fourth-order valence-corrected chi connectivity index (χ4v) is 0.564. The molecule has 0 aliphatic carbocycles. The Labute approximate surface area is 57.8 Å².